The number of ether oxygens (including phenoxy) is 2. The molecule has 0 saturated carbocycles. The Kier molecular flexibility index (Phi) is 5.00. The summed E-state index contributed by atoms with van der Waals surface area (Å²) in [5.74, 6) is 0. The van der Waals surface area contributed by atoms with Crippen molar-refractivity contribution in [3.63, 3.8) is 0 Å². The third-order valence-electron chi connectivity index (χ3n) is 0.519. The highest BCUT2D eigenvalue weighted by molar-refractivity contribution is 7.80. The summed E-state index contributed by atoms with van der Waals surface area (Å²) in [5, 5.41) is 0. The van der Waals surface area contributed by atoms with Gasteiger partial charge in [0.2, 0.25) is 0 Å². The van der Waals surface area contributed by atoms with Crippen molar-refractivity contribution in [2.45, 2.75) is 5.44 Å². The van der Waals surface area contributed by atoms with Gasteiger partial charge in [0, 0.05) is 0 Å². The van der Waals surface area contributed by atoms with Crippen LogP contribution in [0.15, 0.2) is 0 Å². The van der Waals surface area contributed by atoms with Crippen LogP contribution in [0.3, 0.4) is 0 Å². The molecule has 0 aliphatic rings. The first-order chi connectivity index (χ1) is 4.31. The standard InChI is InChI=1S/C4H6O4S/c5-2-7-1-4(9)8-3-6/h2-4,9H,1H2. The molecule has 0 bridgehead atoms. The van der Waals surface area contributed by atoms with Crippen LogP contribution in [0.1, 0.15) is 0 Å². The summed E-state index contributed by atoms with van der Waals surface area (Å²) >= 11 is 3.71. The summed E-state index contributed by atoms with van der Waals surface area (Å²) < 4.78 is 8.45. The summed E-state index contributed by atoms with van der Waals surface area (Å²) in [5.41, 5.74) is -0.660. The summed E-state index contributed by atoms with van der Waals surface area (Å²) in [4.78, 5) is 19.1. The van der Waals surface area contributed by atoms with Gasteiger partial charge in [-0.25, -0.2) is 0 Å². The molecule has 0 aromatic carbocycles. The number of rotatable bonds is 5. The number of hydrogen-bond donors (Lipinski definition) is 1. The van der Waals surface area contributed by atoms with Gasteiger partial charge in [-0.3, -0.25) is 9.59 Å². The molecule has 0 radical (unpaired) electrons. The number of thiol groups is 1. The van der Waals surface area contributed by atoms with E-state index in [0.29, 0.717) is 0 Å². The highest BCUT2D eigenvalue weighted by Crippen LogP contribution is 1.93. The van der Waals surface area contributed by atoms with E-state index in [9.17, 15) is 9.59 Å². The van der Waals surface area contributed by atoms with Gasteiger partial charge in [0.15, 0.2) is 5.44 Å². The van der Waals surface area contributed by atoms with E-state index in [1.807, 2.05) is 0 Å². The zero-order valence-electron chi connectivity index (χ0n) is 4.52. The molecule has 0 amide bonds. The van der Waals surface area contributed by atoms with E-state index in [1.54, 1.807) is 0 Å². The topological polar surface area (TPSA) is 52.6 Å². The lowest BCUT2D eigenvalue weighted by Crippen LogP contribution is -2.11. The fourth-order valence-corrected chi connectivity index (χ4v) is 0.361. The molecular weight excluding hydrogens is 144 g/mol. The second-order valence-corrected chi connectivity index (χ2v) is 1.69. The average Bonchev–Trinajstić information content (AvgIpc) is 1.85. The molecule has 0 aromatic heterocycles. The molecule has 5 heteroatoms. The van der Waals surface area contributed by atoms with Gasteiger partial charge in [0.25, 0.3) is 12.9 Å². The zero-order chi connectivity index (χ0) is 7.11. The summed E-state index contributed by atoms with van der Waals surface area (Å²) in [7, 11) is 0. The van der Waals surface area contributed by atoms with Crippen molar-refractivity contribution < 1.29 is 19.1 Å². The van der Waals surface area contributed by atoms with Gasteiger partial charge in [0.05, 0.1) is 0 Å². The predicted molar refractivity (Wildman–Crippen MR) is 31.9 cm³/mol. The van der Waals surface area contributed by atoms with Crippen LogP contribution in [0.2, 0.25) is 0 Å². The quantitative estimate of drug-likeness (QED) is 0.329. The molecule has 0 aromatic rings. The Morgan fingerprint density at radius 1 is 1.44 bits per heavy atom. The second-order valence-electron chi connectivity index (χ2n) is 1.12. The van der Waals surface area contributed by atoms with Crippen LogP contribution in [0, 0.1) is 0 Å². The third-order valence-corrected chi connectivity index (χ3v) is 0.790. The Bertz CT molecular complexity index is 94.6. The van der Waals surface area contributed by atoms with Gasteiger partial charge in [-0.1, -0.05) is 0 Å². The van der Waals surface area contributed by atoms with Crippen molar-refractivity contribution in [2.24, 2.45) is 0 Å². The van der Waals surface area contributed by atoms with Gasteiger partial charge in [-0.05, 0) is 0 Å². The first kappa shape index (κ1) is 8.29. The van der Waals surface area contributed by atoms with Crippen LogP contribution in [-0.2, 0) is 19.1 Å². The van der Waals surface area contributed by atoms with Crippen LogP contribution in [0.25, 0.3) is 0 Å². The van der Waals surface area contributed by atoms with Crippen LogP contribution < -0.4 is 0 Å². The molecule has 0 fully saturated rings. The van der Waals surface area contributed by atoms with Gasteiger partial charge in [-0.2, -0.15) is 0 Å². The molecule has 1 atom stereocenters. The largest absolute Gasteiger partial charge is 0.463 e. The number of carbonyl (C=O) groups is 2. The maximum Gasteiger partial charge on any atom is 0.294 e. The molecule has 0 saturated heterocycles. The molecule has 0 aliphatic carbocycles. The molecule has 0 N–H and O–H groups in total. The van der Waals surface area contributed by atoms with E-state index in [4.69, 9.17) is 0 Å². The Morgan fingerprint density at radius 3 is 2.56 bits per heavy atom. The van der Waals surface area contributed by atoms with E-state index < -0.39 is 5.44 Å². The van der Waals surface area contributed by atoms with Crippen LogP contribution in [-0.4, -0.2) is 25.0 Å². The van der Waals surface area contributed by atoms with E-state index in [0.717, 1.165) is 0 Å². The van der Waals surface area contributed by atoms with Crippen molar-refractivity contribution >= 4 is 25.6 Å². The van der Waals surface area contributed by atoms with Crippen molar-refractivity contribution in [3.05, 3.63) is 0 Å². The highest BCUT2D eigenvalue weighted by Gasteiger charge is 1.99. The lowest BCUT2D eigenvalue weighted by Gasteiger charge is -2.04. The van der Waals surface area contributed by atoms with Crippen molar-refractivity contribution in [1.29, 1.82) is 0 Å². The SMILES string of the molecule is O=COCC(S)OC=O. The van der Waals surface area contributed by atoms with Crippen LogP contribution in [0.4, 0.5) is 0 Å². The fraction of sp³-hybridized carbons (Fsp3) is 0.500. The minimum absolute atomic E-state index is 0.0225. The van der Waals surface area contributed by atoms with Crippen LogP contribution in [0.5, 0.6) is 0 Å². The lowest BCUT2D eigenvalue weighted by atomic mass is 10.8. The van der Waals surface area contributed by atoms with Crippen molar-refractivity contribution in [3.8, 4) is 0 Å². The Hall–Kier alpha value is -0.710. The normalized spacial score (nSPS) is 11.7. The molecule has 0 heterocycles. The summed E-state index contributed by atoms with van der Waals surface area (Å²) in [6, 6.07) is 0. The van der Waals surface area contributed by atoms with E-state index in [1.165, 1.54) is 0 Å². The van der Waals surface area contributed by atoms with E-state index >= 15 is 0 Å². The number of carbonyl (C=O) groups excluding carboxylic acids is 2. The van der Waals surface area contributed by atoms with Crippen molar-refractivity contribution in [1.82, 2.24) is 0 Å². The van der Waals surface area contributed by atoms with Gasteiger partial charge < -0.3 is 9.47 Å². The molecule has 52 valence electrons. The maximum atomic E-state index is 9.56. The van der Waals surface area contributed by atoms with Crippen LogP contribution >= 0.6 is 12.6 Å². The average molecular weight is 150 g/mol. The van der Waals surface area contributed by atoms with Gasteiger partial charge >= 0.3 is 0 Å². The molecule has 9 heavy (non-hydrogen) atoms. The lowest BCUT2D eigenvalue weighted by molar-refractivity contribution is -0.137. The second kappa shape index (κ2) is 5.43. The highest BCUT2D eigenvalue weighted by atomic mass is 32.1. The maximum absolute atomic E-state index is 9.56. The molecular formula is C4H6O4S. The summed E-state index contributed by atoms with van der Waals surface area (Å²) in [6.45, 7) is 0.481. The zero-order valence-corrected chi connectivity index (χ0v) is 5.41. The minimum Gasteiger partial charge on any atom is -0.463 e. The fourth-order valence-electron chi connectivity index (χ4n) is 0.225. The number of hydrogen-bond acceptors (Lipinski definition) is 5. The molecule has 0 rings (SSSR count). The summed E-state index contributed by atoms with van der Waals surface area (Å²) in [6.07, 6.45) is 0. The van der Waals surface area contributed by atoms with Gasteiger partial charge in [0.1, 0.15) is 6.61 Å². The third kappa shape index (κ3) is 5.16. The first-order valence-electron chi connectivity index (χ1n) is 2.13. The predicted octanol–water partition coefficient (Wildman–Crippen LogP) is -0.412. The molecule has 1 unspecified atom stereocenters. The van der Waals surface area contributed by atoms with Crippen molar-refractivity contribution in [2.75, 3.05) is 6.61 Å². The first-order valence-corrected chi connectivity index (χ1v) is 2.65. The Morgan fingerprint density at radius 2 is 2.11 bits per heavy atom. The Labute approximate surface area is 57.5 Å². The molecule has 0 spiro atoms. The van der Waals surface area contributed by atoms with Gasteiger partial charge in [-0.15, -0.1) is 12.6 Å². The monoisotopic (exact) mass is 150 g/mol. The van der Waals surface area contributed by atoms with E-state index in [-0.39, 0.29) is 19.6 Å². The van der Waals surface area contributed by atoms with E-state index in [2.05, 4.69) is 22.1 Å². The molecule has 0 aliphatic heterocycles. The molecule has 4 nitrogen and oxygen atoms in total. The smallest absolute Gasteiger partial charge is 0.294 e. The Balaban J connectivity index is 3.14. The minimum atomic E-state index is -0.660.